The van der Waals surface area contributed by atoms with Gasteiger partial charge in [0.25, 0.3) is 0 Å². The third-order valence-electron chi connectivity index (χ3n) is 5.50. The molecule has 2 bridgehead atoms. The van der Waals surface area contributed by atoms with Crippen LogP contribution in [0.5, 0.6) is 0 Å². The predicted octanol–water partition coefficient (Wildman–Crippen LogP) is 4.56. The Morgan fingerprint density at radius 1 is 1.04 bits per heavy atom. The minimum Gasteiger partial charge on any atom is -0.313 e. The molecule has 0 saturated carbocycles. The van der Waals surface area contributed by atoms with E-state index in [9.17, 15) is 9.18 Å². The van der Waals surface area contributed by atoms with Crippen molar-refractivity contribution in [3.8, 4) is 0 Å². The molecule has 2 fully saturated rings. The quantitative estimate of drug-likeness (QED) is 0.589. The Bertz CT molecular complexity index is 804. The fraction of sp³-hybridized carbons (Fsp3) is 0.364. The van der Waals surface area contributed by atoms with Gasteiger partial charge in [-0.15, -0.1) is 0 Å². The molecule has 2 heterocycles. The maximum atomic E-state index is 13.0. The molecule has 2 aliphatic heterocycles. The fourth-order valence-corrected chi connectivity index (χ4v) is 4.16. The summed E-state index contributed by atoms with van der Waals surface area (Å²) in [6.07, 6.45) is 5.20. The monoisotopic (exact) mass is 366 g/mol. The maximum absolute atomic E-state index is 13.0. The van der Waals surface area contributed by atoms with Crippen molar-refractivity contribution >= 4 is 11.7 Å². The predicted molar refractivity (Wildman–Crippen MR) is 102 cm³/mol. The van der Waals surface area contributed by atoms with Crippen LogP contribution >= 0.6 is 0 Å². The average molecular weight is 366 g/mol. The zero-order valence-electron chi connectivity index (χ0n) is 15.2. The molecule has 0 N–H and O–H groups in total. The number of fused-ring (bicyclic) bond motifs is 2. The third-order valence-corrected chi connectivity index (χ3v) is 5.50. The minimum atomic E-state index is -0.542. The first-order valence-electron chi connectivity index (χ1n) is 9.51. The molecule has 0 amide bonds. The summed E-state index contributed by atoms with van der Waals surface area (Å²) in [6.45, 7) is 0.957. The first-order valence-corrected chi connectivity index (χ1v) is 9.51. The summed E-state index contributed by atoms with van der Waals surface area (Å²) in [6, 6.07) is 16.8. The second kappa shape index (κ2) is 8.01. The molecule has 0 radical (unpaired) electrons. The van der Waals surface area contributed by atoms with Crippen molar-refractivity contribution in [1.29, 1.82) is 0 Å². The van der Waals surface area contributed by atoms with E-state index >= 15 is 0 Å². The fourth-order valence-electron chi connectivity index (χ4n) is 4.16. The molecule has 0 aliphatic carbocycles. The number of carbonyl (C=O) groups excluding carboxylic acids is 1. The number of benzene rings is 2. The number of hydrogen-bond donors (Lipinski definition) is 0. The minimum absolute atomic E-state index is 0.308. The highest BCUT2D eigenvalue weighted by Crippen LogP contribution is 2.34. The molecule has 2 aliphatic rings. The second-order valence-corrected chi connectivity index (χ2v) is 7.35. The molecule has 2 saturated heterocycles. The van der Waals surface area contributed by atoms with Gasteiger partial charge in [0, 0.05) is 31.5 Å². The topological polar surface area (TPSA) is 41.9 Å². The molecule has 140 valence electrons. The van der Waals surface area contributed by atoms with Crippen LogP contribution in [0.2, 0.25) is 0 Å². The van der Waals surface area contributed by atoms with Crippen LogP contribution in [0.3, 0.4) is 0 Å². The van der Waals surface area contributed by atoms with Crippen LogP contribution in [0.25, 0.3) is 0 Å². The lowest BCUT2D eigenvalue weighted by Gasteiger charge is -2.46. The molecule has 0 spiro atoms. The SMILES string of the molecule is O=C(ON=C1CC2CCCC(C1)N2Cc1ccccc1)c1ccc(F)cc1. The lowest BCUT2D eigenvalue weighted by atomic mass is 9.83. The van der Waals surface area contributed by atoms with Crippen LogP contribution < -0.4 is 0 Å². The van der Waals surface area contributed by atoms with Crippen LogP contribution in [-0.4, -0.2) is 28.7 Å². The highest BCUT2D eigenvalue weighted by molar-refractivity contribution is 5.91. The van der Waals surface area contributed by atoms with Crippen LogP contribution in [0.4, 0.5) is 4.39 Å². The number of halogens is 1. The summed E-state index contributed by atoms with van der Waals surface area (Å²) < 4.78 is 13.0. The Balaban J connectivity index is 1.41. The smallest absolute Gasteiger partial charge is 0.313 e. The Hall–Kier alpha value is -2.53. The third kappa shape index (κ3) is 4.25. The standard InChI is InChI=1S/C22H23FN2O2/c23-18-11-9-17(10-12-18)22(26)27-24-19-13-20-7-4-8-21(14-19)25(20)15-16-5-2-1-3-6-16/h1-3,5-6,9-12,20-21H,4,7-8,13-15H2. The Labute approximate surface area is 158 Å². The summed E-state index contributed by atoms with van der Waals surface area (Å²) in [5.41, 5.74) is 2.59. The lowest BCUT2D eigenvalue weighted by molar-refractivity contribution is 0.0476. The van der Waals surface area contributed by atoms with Crippen molar-refractivity contribution in [1.82, 2.24) is 4.90 Å². The van der Waals surface area contributed by atoms with E-state index in [0.29, 0.717) is 17.6 Å². The molecular weight excluding hydrogens is 343 g/mol. The summed E-state index contributed by atoms with van der Waals surface area (Å²) in [7, 11) is 0. The zero-order chi connectivity index (χ0) is 18.6. The van der Waals surface area contributed by atoms with Crippen molar-refractivity contribution in [2.24, 2.45) is 5.16 Å². The van der Waals surface area contributed by atoms with Crippen LogP contribution in [-0.2, 0) is 11.4 Å². The van der Waals surface area contributed by atoms with Gasteiger partial charge in [-0.3, -0.25) is 4.90 Å². The molecule has 2 unspecified atom stereocenters. The van der Waals surface area contributed by atoms with E-state index in [1.54, 1.807) is 0 Å². The van der Waals surface area contributed by atoms with Gasteiger partial charge < -0.3 is 4.84 Å². The van der Waals surface area contributed by atoms with Gasteiger partial charge in [-0.2, -0.15) is 0 Å². The van der Waals surface area contributed by atoms with E-state index in [0.717, 1.165) is 37.9 Å². The summed E-state index contributed by atoms with van der Waals surface area (Å²) in [5.74, 6) is -0.921. The van der Waals surface area contributed by atoms with Crippen LogP contribution in [0, 0.1) is 5.82 Å². The van der Waals surface area contributed by atoms with Crippen LogP contribution in [0.1, 0.15) is 48.0 Å². The van der Waals surface area contributed by atoms with Crippen molar-refractivity contribution in [2.75, 3.05) is 0 Å². The lowest BCUT2D eigenvalue weighted by Crippen LogP contribution is -2.51. The summed E-state index contributed by atoms with van der Waals surface area (Å²) in [4.78, 5) is 19.8. The van der Waals surface area contributed by atoms with Gasteiger partial charge in [0.2, 0.25) is 0 Å². The Morgan fingerprint density at radius 3 is 2.37 bits per heavy atom. The molecule has 2 atom stereocenters. The molecular formula is C22H23FN2O2. The van der Waals surface area contributed by atoms with Gasteiger partial charge in [0.05, 0.1) is 11.3 Å². The highest BCUT2D eigenvalue weighted by Gasteiger charge is 2.36. The van der Waals surface area contributed by atoms with Gasteiger partial charge in [-0.1, -0.05) is 41.9 Å². The molecule has 2 aromatic rings. The van der Waals surface area contributed by atoms with Gasteiger partial charge in [0.15, 0.2) is 0 Å². The number of hydrogen-bond acceptors (Lipinski definition) is 4. The van der Waals surface area contributed by atoms with Crippen molar-refractivity contribution in [3.63, 3.8) is 0 Å². The van der Waals surface area contributed by atoms with E-state index in [4.69, 9.17) is 4.84 Å². The van der Waals surface area contributed by atoms with E-state index in [2.05, 4.69) is 34.3 Å². The van der Waals surface area contributed by atoms with E-state index in [1.807, 2.05) is 6.07 Å². The molecule has 0 aromatic heterocycles. The van der Waals surface area contributed by atoms with Crippen LogP contribution in [0.15, 0.2) is 59.8 Å². The zero-order valence-corrected chi connectivity index (χ0v) is 15.2. The molecule has 4 nitrogen and oxygen atoms in total. The Kier molecular flexibility index (Phi) is 5.30. The van der Waals surface area contributed by atoms with E-state index in [-0.39, 0.29) is 5.82 Å². The van der Waals surface area contributed by atoms with Crippen molar-refractivity contribution < 1.29 is 14.0 Å². The molecule has 27 heavy (non-hydrogen) atoms. The molecule has 2 aromatic carbocycles. The number of oxime groups is 1. The molecule has 4 rings (SSSR count). The van der Waals surface area contributed by atoms with E-state index < -0.39 is 5.97 Å². The number of nitrogens with zero attached hydrogens (tertiary/aromatic N) is 2. The Morgan fingerprint density at radius 2 is 1.70 bits per heavy atom. The second-order valence-electron chi connectivity index (χ2n) is 7.35. The number of rotatable bonds is 4. The summed E-state index contributed by atoms with van der Waals surface area (Å²) in [5, 5.41) is 4.15. The molecule has 5 heteroatoms. The first-order chi connectivity index (χ1) is 13.2. The average Bonchev–Trinajstić information content (AvgIpc) is 2.68. The van der Waals surface area contributed by atoms with Gasteiger partial charge in [-0.25, -0.2) is 9.18 Å². The normalized spacial score (nSPS) is 22.3. The number of carbonyl (C=O) groups is 1. The summed E-state index contributed by atoms with van der Waals surface area (Å²) >= 11 is 0. The maximum Gasteiger partial charge on any atom is 0.365 e. The number of piperidine rings is 2. The largest absolute Gasteiger partial charge is 0.365 e. The first kappa shape index (κ1) is 17.9. The highest BCUT2D eigenvalue weighted by atomic mass is 19.1. The van der Waals surface area contributed by atoms with E-state index in [1.165, 1.54) is 36.2 Å². The van der Waals surface area contributed by atoms with Crippen molar-refractivity contribution in [2.45, 2.75) is 50.7 Å². The van der Waals surface area contributed by atoms with Gasteiger partial charge in [0.1, 0.15) is 5.82 Å². The van der Waals surface area contributed by atoms with Crippen molar-refractivity contribution in [3.05, 3.63) is 71.5 Å². The van der Waals surface area contributed by atoms with Gasteiger partial charge >= 0.3 is 5.97 Å². The van der Waals surface area contributed by atoms with Gasteiger partial charge in [-0.05, 0) is 42.7 Å².